The Hall–Kier alpha value is -2.19. The summed E-state index contributed by atoms with van der Waals surface area (Å²) in [4.78, 5) is 2.17. The van der Waals surface area contributed by atoms with Gasteiger partial charge in [-0.05, 0) is 90.4 Å². The summed E-state index contributed by atoms with van der Waals surface area (Å²) in [5.41, 5.74) is 6.61. The van der Waals surface area contributed by atoms with Gasteiger partial charge in [-0.2, -0.15) is 11.8 Å². The van der Waals surface area contributed by atoms with Crippen LogP contribution in [0, 0.1) is 5.41 Å². The smallest absolute Gasteiger partial charge is 0.0440 e. The third-order valence-electron chi connectivity index (χ3n) is 7.84. The van der Waals surface area contributed by atoms with Gasteiger partial charge in [0.05, 0.1) is 0 Å². The number of hydrogen-bond acceptors (Lipinski definition) is 2. The van der Waals surface area contributed by atoms with Gasteiger partial charge in [-0.3, -0.25) is 0 Å². The molecular weight excluding hydrogens is 454 g/mol. The average molecular weight is 502 g/mol. The molecule has 0 aromatic heterocycles. The van der Waals surface area contributed by atoms with Gasteiger partial charge in [0.15, 0.2) is 0 Å². The Balaban J connectivity index is 1.69. The maximum Gasteiger partial charge on any atom is 0.0440 e. The van der Waals surface area contributed by atoms with Gasteiger partial charge < -0.3 is 4.90 Å². The van der Waals surface area contributed by atoms with Gasteiger partial charge in [-0.25, -0.2) is 0 Å². The first-order chi connectivity index (χ1) is 17.4. The predicted octanol–water partition coefficient (Wildman–Crippen LogP) is 9.75. The summed E-state index contributed by atoms with van der Waals surface area (Å²) in [7, 11) is 4.20. The van der Waals surface area contributed by atoms with Crippen molar-refractivity contribution in [3.63, 3.8) is 0 Å². The van der Waals surface area contributed by atoms with Crippen LogP contribution in [0.5, 0.6) is 0 Å². The first kappa shape index (κ1) is 28.4. The second-order valence-electron chi connectivity index (χ2n) is 10.9. The Kier molecular flexibility index (Phi) is 11.0. The molecule has 3 atom stereocenters. The number of thioether (sulfide) groups is 1. The molecule has 0 heterocycles. The van der Waals surface area contributed by atoms with Crippen LogP contribution in [-0.4, -0.2) is 30.0 Å². The summed E-state index contributed by atoms with van der Waals surface area (Å²) in [6.45, 7) is 13.5. The highest BCUT2D eigenvalue weighted by atomic mass is 32.2. The molecule has 2 aromatic rings. The number of rotatable bonds is 13. The second-order valence-corrected chi connectivity index (χ2v) is 12.4. The van der Waals surface area contributed by atoms with E-state index in [9.17, 15) is 0 Å². The van der Waals surface area contributed by atoms with E-state index in [1.54, 1.807) is 5.56 Å². The lowest BCUT2D eigenvalue weighted by Gasteiger charge is -2.45. The van der Waals surface area contributed by atoms with E-state index in [1.165, 1.54) is 67.5 Å². The molecule has 36 heavy (non-hydrogen) atoms. The SMILES string of the molecule is C=C(/C=C(/c1ccccc1)N(C)C)C(=C)CCCC1(CCC)CC(SCC)CC(c2ccccc2)C1. The predicted molar refractivity (Wildman–Crippen MR) is 163 cm³/mol. The summed E-state index contributed by atoms with van der Waals surface area (Å²) >= 11 is 2.19. The van der Waals surface area contributed by atoms with Gasteiger partial charge in [0.25, 0.3) is 0 Å². The fourth-order valence-corrected chi connectivity index (χ4v) is 7.47. The lowest BCUT2D eigenvalue weighted by Crippen LogP contribution is -2.34. The molecule has 3 rings (SSSR count). The van der Waals surface area contributed by atoms with Gasteiger partial charge in [0.2, 0.25) is 0 Å². The molecule has 1 fully saturated rings. The quantitative estimate of drug-likeness (QED) is 0.251. The number of nitrogens with zero attached hydrogens (tertiary/aromatic N) is 1. The zero-order valence-electron chi connectivity index (χ0n) is 23.1. The zero-order valence-corrected chi connectivity index (χ0v) is 24.0. The highest BCUT2D eigenvalue weighted by molar-refractivity contribution is 7.99. The molecule has 2 heteroatoms. The van der Waals surface area contributed by atoms with Crippen molar-refractivity contribution in [2.75, 3.05) is 19.8 Å². The monoisotopic (exact) mass is 501 g/mol. The third kappa shape index (κ3) is 7.90. The molecule has 1 aliphatic rings. The van der Waals surface area contributed by atoms with Crippen LogP contribution >= 0.6 is 11.8 Å². The lowest BCUT2D eigenvalue weighted by atomic mass is 9.63. The van der Waals surface area contributed by atoms with E-state index in [-0.39, 0.29) is 0 Å². The molecule has 194 valence electrons. The van der Waals surface area contributed by atoms with Gasteiger partial charge in [0.1, 0.15) is 0 Å². The van der Waals surface area contributed by atoms with E-state index >= 15 is 0 Å². The minimum absolute atomic E-state index is 0.441. The highest BCUT2D eigenvalue weighted by Gasteiger charge is 2.40. The van der Waals surface area contributed by atoms with E-state index < -0.39 is 0 Å². The fourth-order valence-electron chi connectivity index (χ4n) is 6.16. The number of allylic oxidation sites excluding steroid dienone is 3. The molecule has 0 saturated heterocycles. The van der Waals surface area contributed by atoms with Crippen molar-refractivity contribution in [1.82, 2.24) is 4.90 Å². The van der Waals surface area contributed by atoms with Crippen molar-refractivity contribution in [2.45, 2.75) is 76.4 Å². The topological polar surface area (TPSA) is 3.24 Å². The third-order valence-corrected chi connectivity index (χ3v) is 9.01. The Morgan fingerprint density at radius 2 is 1.64 bits per heavy atom. The van der Waals surface area contributed by atoms with E-state index in [4.69, 9.17) is 0 Å². The summed E-state index contributed by atoms with van der Waals surface area (Å²) in [5.74, 6) is 1.90. The Labute approximate surface area is 225 Å². The summed E-state index contributed by atoms with van der Waals surface area (Å²) in [6.07, 6.45) is 12.4. The largest absolute Gasteiger partial charge is 0.377 e. The van der Waals surface area contributed by atoms with Gasteiger partial charge >= 0.3 is 0 Å². The van der Waals surface area contributed by atoms with Crippen LogP contribution in [-0.2, 0) is 0 Å². The Morgan fingerprint density at radius 1 is 0.972 bits per heavy atom. The van der Waals surface area contributed by atoms with Gasteiger partial charge in [-0.1, -0.05) is 94.1 Å². The van der Waals surface area contributed by atoms with Crippen LogP contribution in [0.1, 0.15) is 82.3 Å². The average Bonchev–Trinajstić information content (AvgIpc) is 2.88. The van der Waals surface area contributed by atoms with Crippen LogP contribution in [0.3, 0.4) is 0 Å². The minimum atomic E-state index is 0.441. The molecule has 0 bridgehead atoms. The molecule has 1 saturated carbocycles. The zero-order chi connectivity index (χ0) is 26.0. The molecule has 0 N–H and O–H groups in total. The maximum absolute atomic E-state index is 4.45. The summed E-state index contributed by atoms with van der Waals surface area (Å²) < 4.78 is 0. The number of benzene rings is 2. The summed E-state index contributed by atoms with van der Waals surface area (Å²) in [5, 5.41) is 0.773. The lowest BCUT2D eigenvalue weighted by molar-refractivity contribution is 0.140. The molecule has 0 amide bonds. The maximum atomic E-state index is 4.45. The molecule has 0 radical (unpaired) electrons. The van der Waals surface area contributed by atoms with Crippen LogP contribution in [0.4, 0.5) is 0 Å². The van der Waals surface area contributed by atoms with Crippen LogP contribution in [0.2, 0.25) is 0 Å². The first-order valence-electron chi connectivity index (χ1n) is 13.9. The van der Waals surface area contributed by atoms with E-state index in [2.05, 4.69) is 125 Å². The van der Waals surface area contributed by atoms with Crippen molar-refractivity contribution in [3.05, 3.63) is 102 Å². The minimum Gasteiger partial charge on any atom is -0.377 e. The van der Waals surface area contributed by atoms with E-state index in [0.29, 0.717) is 11.3 Å². The van der Waals surface area contributed by atoms with Gasteiger partial charge in [0, 0.05) is 25.0 Å². The van der Waals surface area contributed by atoms with Crippen molar-refractivity contribution in [2.24, 2.45) is 5.41 Å². The molecule has 0 aliphatic heterocycles. The molecule has 3 unspecified atom stereocenters. The molecule has 2 aromatic carbocycles. The van der Waals surface area contributed by atoms with E-state index in [1.807, 2.05) is 0 Å². The summed E-state index contributed by atoms with van der Waals surface area (Å²) in [6, 6.07) is 21.9. The van der Waals surface area contributed by atoms with E-state index in [0.717, 1.165) is 17.2 Å². The van der Waals surface area contributed by atoms with Crippen molar-refractivity contribution in [3.8, 4) is 0 Å². The Bertz CT molecular complexity index is 990. The normalized spacial score (nSPS) is 22.3. The standard InChI is InChI=1S/C34H47NS/c1-7-21-34(25-31(24-32(26-34)36-8-2)29-17-11-9-12-18-29)22-15-16-27(3)28(4)23-33(35(5)6)30-19-13-10-14-20-30/h9-14,17-20,23,31-32H,3-4,7-8,15-16,21-22,24-26H2,1-2,5-6H3/b33-23-. The van der Waals surface area contributed by atoms with Crippen LogP contribution in [0.15, 0.2) is 91.0 Å². The van der Waals surface area contributed by atoms with Crippen LogP contribution < -0.4 is 0 Å². The molecule has 1 aliphatic carbocycles. The van der Waals surface area contributed by atoms with Gasteiger partial charge in [-0.15, -0.1) is 0 Å². The molecule has 0 spiro atoms. The highest BCUT2D eigenvalue weighted by Crippen LogP contribution is 2.52. The first-order valence-corrected chi connectivity index (χ1v) is 14.9. The molecule has 1 nitrogen and oxygen atoms in total. The van der Waals surface area contributed by atoms with Crippen molar-refractivity contribution in [1.29, 1.82) is 0 Å². The second kappa shape index (κ2) is 13.9. The Morgan fingerprint density at radius 3 is 2.25 bits per heavy atom. The number of hydrogen-bond donors (Lipinski definition) is 0. The van der Waals surface area contributed by atoms with Crippen molar-refractivity contribution < 1.29 is 0 Å². The molecular formula is C34H47NS. The fraction of sp³-hybridized carbons (Fsp3) is 0.471. The van der Waals surface area contributed by atoms with Crippen molar-refractivity contribution >= 4 is 17.5 Å². The van der Waals surface area contributed by atoms with Crippen LogP contribution in [0.25, 0.3) is 5.70 Å².